The predicted molar refractivity (Wildman–Crippen MR) is 163 cm³/mol. The Morgan fingerprint density at radius 3 is 2.57 bits per heavy atom. The number of ketones is 1. The molecular weight excluding hydrogens is 565 g/mol. The van der Waals surface area contributed by atoms with Crippen LogP contribution in [0.5, 0.6) is 0 Å². The molecule has 0 spiro atoms. The van der Waals surface area contributed by atoms with Gasteiger partial charge in [-0.1, -0.05) is 25.7 Å². The normalized spacial score (nSPS) is 37.0. The van der Waals surface area contributed by atoms with Gasteiger partial charge in [-0.25, -0.2) is 4.39 Å². The van der Waals surface area contributed by atoms with Gasteiger partial charge in [0.25, 0.3) is 5.91 Å². The molecule has 9 unspecified atom stereocenters. The van der Waals surface area contributed by atoms with Crippen LogP contribution in [0.25, 0.3) is 0 Å². The number of Topliss-reactive ketones (excluding diaryl/α,β-unsaturated/α-hetero) is 1. The molecule has 2 saturated heterocycles. The number of fused-ring (bicyclic) bond motifs is 3. The molecular formula is C33H52FN5O5. The Morgan fingerprint density at radius 1 is 1.07 bits per heavy atom. The van der Waals surface area contributed by atoms with E-state index in [9.17, 15) is 14.4 Å². The van der Waals surface area contributed by atoms with Crippen molar-refractivity contribution >= 4 is 17.6 Å². The fourth-order valence-electron chi connectivity index (χ4n) is 8.82. The van der Waals surface area contributed by atoms with Crippen LogP contribution >= 0.6 is 0 Å². The average molecular weight is 618 g/mol. The molecule has 0 aromatic carbocycles. The lowest BCUT2D eigenvalue weighted by Gasteiger charge is -2.60. The van der Waals surface area contributed by atoms with Crippen LogP contribution in [0, 0.1) is 17.8 Å². The molecule has 5 fully saturated rings. The van der Waals surface area contributed by atoms with Crippen LogP contribution in [0.3, 0.4) is 0 Å². The maximum atomic E-state index is 16.1. The summed E-state index contributed by atoms with van der Waals surface area (Å²) in [6.45, 7) is 4.94. The van der Waals surface area contributed by atoms with E-state index in [1.54, 1.807) is 6.20 Å². The van der Waals surface area contributed by atoms with Gasteiger partial charge in [0.1, 0.15) is 12.3 Å². The zero-order chi connectivity index (χ0) is 30.8. The summed E-state index contributed by atoms with van der Waals surface area (Å²) in [5.41, 5.74) is 0.143. The molecule has 0 aromatic heterocycles. The number of nitrogens with zero attached hydrogens (tertiary/aromatic N) is 3. The van der Waals surface area contributed by atoms with E-state index in [0.29, 0.717) is 38.1 Å². The number of amides is 2. The highest BCUT2D eigenvalue weighted by atomic mass is 19.1. The number of hydrogen-bond donors (Lipinski definition) is 2. The van der Waals surface area contributed by atoms with Crippen molar-refractivity contribution in [2.45, 2.75) is 101 Å². The van der Waals surface area contributed by atoms with Gasteiger partial charge in [-0.2, -0.15) is 0 Å². The van der Waals surface area contributed by atoms with Crippen LogP contribution in [0.2, 0.25) is 0 Å². The number of carbonyl (C=O) groups is 3. The molecule has 10 nitrogen and oxygen atoms in total. The number of alkyl halides is 1. The van der Waals surface area contributed by atoms with Gasteiger partial charge < -0.3 is 29.9 Å². The monoisotopic (exact) mass is 617 g/mol. The van der Waals surface area contributed by atoms with Crippen LogP contribution in [0.4, 0.5) is 4.39 Å². The summed E-state index contributed by atoms with van der Waals surface area (Å²) in [4.78, 5) is 46.9. The van der Waals surface area contributed by atoms with Crippen LogP contribution in [0.15, 0.2) is 11.8 Å². The van der Waals surface area contributed by atoms with Crippen molar-refractivity contribution in [3.63, 3.8) is 0 Å². The highest BCUT2D eigenvalue weighted by molar-refractivity contribution is 6.20. The van der Waals surface area contributed by atoms with Crippen LogP contribution in [0.1, 0.15) is 64.2 Å². The van der Waals surface area contributed by atoms with Gasteiger partial charge >= 0.3 is 0 Å². The van der Waals surface area contributed by atoms with E-state index in [-0.39, 0.29) is 48.2 Å². The standard InChI is InChI=1S/C33H52FN5O5/c1-37(2)11-6-5-10-35-33(42)24-20-39-26-17-21-7-3-4-8-22(21)18-27(26)44-32-29(25(34)19-23(30(32)39)31(24)41)36-28(40)9-12-38-13-15-43-16-14-38/h20-23,25-27,29-30,32H,3-19H2,1-2H3,(H,35,42)(H,36,40). The van der Waals surface area contributed by atoms with Crippen LogP contribution in [-0.4, -0.2) is 129 Å². The lowest BCUT2D eigenvalue weighted by molar-refractivity contribution is -0.208. The zero-order valence-corrected chi connectivity index (χ0v) is 26.6. The fourth-order valence-corrected chi connectivity index (χ4v) is 8.82. The van der Waals surface area contributed by atoms with Gasteiger partial charge in [0, 0.05) is 44.7 Å². The molecule has 3 aliphatic carbocycles. The second-order valence-electron chi connectivity index (χ2n) is 14.2. The average Bonchev–Trinajstić information content (AvgIpc) is 3.02. The summed E-state index contributed by atoms with van der Waals surface area (Å²) in [5, 5.41) is 5.97. The Hall–Kier alpha value is -2.08. The molecule has 6 rings (SSSR count). The van der Waals surface area contributed by atoms with E-state index in [0.717, 1.165) is 45.3 Å². The number of rotatable bonds is 10. The second kappa shape index (κ2) is 14.1. The van der Waals surface area contributed by atoms with Gasteiger partial charge in [0.15, 0.2) is 5.78 Å². The summed E-state index contributed by atoms with van der Waals surface area (Å²) in [6.07, 6.45) is 8.36. The van der Waals surface area contributed by atoms with E-state index >= 15 is 4.39 Å². The first-order valence-electron chi connectivity index (χ1n) is 17.2. The maximum Gasteiger partial charge on any atom is 0.256 e. The highest BCUT2D eigenvalue weighted by Gasteiger charge is 2.60. The van der Waals surface area contributed by atoms with Gasteiger partial charge in [-0.15, -0.1) is 0 Å². The Labute approximate surface area is 261 Å². The minimum atomic E-state index is -1.43. The van der Waals surface area contributed by atoms with Gasteiger partial charge in [0.2, 0.25) is 5.91 Å². The minimum Gasteiger partial charge on any atom is -0.379 e. The molecule has 6 aliphatic rings. The van der Waals surface area contributed by atoms with Crippen molar-refractivity contribution in [2.75, 3.05) is 60.0 Å². The number of halogens is 1. The molecule has 3 heterocycles. The third-order valence-corrected chi connectivity index (χ3v) is 11.1. The molecule has 11 heteroatoms. The SMILES string of the molecule is CN(C)CCCCNC(=O)C1=CN2C3CC4CCCCC4CC3OC3C(NC(=O)CCN4CCOCC4)C(F)CC(C1=O)C32. The first-order valence-corrected chi connectivity index (χ1v) is 17.2. The Kier molecular flexibility index (Phi) is 10.2. The van der Waals surface area contributed by atoms with Crippen LogP contribution < -0.4 is 10.6 Å². The molecule has 0 radical (unpaired) electrons. The topological polar surface area (TPSA) is 103 Å². The van der Waals surface area contributed by atoms with Crippen molar-refractivity contribution in [3.05, 3.63) is 11.8 Å². The molecule has 2 amide bonds. The first kappa shape index (κ1) is 31.9. The number of ether oxygens (including phenoxy) is 2. The van der Waals surface area contributed by atoms with E-state index in [2.05, 4.69) is 25.3 Å². The molecule has 246 valence electrons. The number of unbranched alkanes of at least 4 members (excludes halogenated alkanes) is 1. The first-order chi connectivity index (χ1) is 21.3. The Balaban J connectivity index is 1.21. The second-order valence-corrected chi connectivity index (χ2v) is 14.2. The Morgan fingerprint density at radius 2 is 1.82 bits per heavy atom. The summed E-state index contributed by atoms with van der Waals surface area (Å²) in [5.74, 6) is -0.335. The number of hydrogen-bond acceptors (Lipinski definition) is 8. The lowest BCUT2D eigenvalue weighted by atomic mass is 9.65. The molecule has 3 aliphatic heterocycles. The summed E-state index contributed by atoms with van der Waals surface area (Å²) in [6, 6.07) is -1.17. The largest absolute Gasteiger partial charge is 0.379 e. The van der Waals surface area contributed by atoms with E-state index in [1.165, 1.54) is 25.7 Å². The quantitative estimate of drug-likeness (QED) is 0.283. The van der Waals surface area contributed by atoms with Crippen molar-refractivity contribution in [1.82, 2.24) is 25.3 Å². The lowest BCUT2D eigenvalue weighted by Crippen LogP contribution is -2.73. The maximum absolute atomic E-state index is 16.1. The summed E-state index contributed by atoms with van der Waals surface area (Å²) < 4.78 is 28.3. The minimum absolute atomic E-state index is 0.0227. The summed E-state index contributed by atoms with van der Waals surface area (Å²) >= 11 is 0. The Bertz CT molecular complexity index is 1080. The third-order valence-electron chi connectivity index (χ3n) is 11.1. The number of morpholine rings is 2. The molecule has 0 bridgehead atoms. The number of nitrogens with one attached hydrogen (secondary N) is 2. The van der Waals surface area contributed by atoms with Crippen molar-refractivity contribution in [2.24, 2.45) is 17.8 Å². The van der Waals surface area contributed by atoms with Gasteiger partial charge in [-0.3, -0.25) is 19.3 Å². The fraction of sp³-hybridized carbons (Fsp3) is 0.848. The van der Waals surface area contributed by atoms with Gasteiger partial charge in [-0.05, 0) is 64.6 Å². The third kappa shape index (κ3) is 6.86. The van der Waals surface area contributed by atoms with Crippen molar-refractivity contribution < 1.29 is 28.2 Å². The van der Waals surface area contributed by atoms with E-state index < -0.39 is 30.3 Å². The highest BCUT2D eigenvalue weighted by Crippen LogP contribution is 2.50. The molecule has 0 aromatic rings. The van der Waals surface area contributed by atoms with Crippen molar-refractivity contribution in [3.8, 4) is 0 Å². The summed E-state index contributed by atoms with van der Waals surface area (Å²) in [7, 11) is 4.04. The molecule has 9 atom stereocenters. The smallest absolute Gasteiger partial charge is 0.256 e. The van der Waals surface area contributed by atoms with Crippen LogP contribution in [-0.2, 0) is 23.9 Å². The van der Waals surface area contributed by atoms with Crippen molar-refractivity contribution in [1.29, 1.82) is 0 Å². The van der Waals surface area contributed by atoms with E-state index in [4.69, 9.17) is 9.47 Å². The molecule has 2 N–H and O–H groups in total. The molecule has 44 heavy (non-hydrogen) atoms. The van der Waals surface area contributed by atoms with Gasteiger partial charge in [0.05, 0.1) is 43.0 Å². The predicted octanol–water partition coefficient (Wildman–Crippen LogP) is 1.88. The number of carbonyl (C=O) groups excluding carboxylic acids is 3. The molecule has 3 saturated carbocycles. The zero-order valence-electron chi connectivity index (χ0n) is 26.6. The van der Waals surface area contributed by atoms with E-state index in [1.807, 2.05) is 14.1 Å².